The van der Waals surface area contributed by atoms with Crippen molar-refractivity contribution in [2.75, 3.05) is 6.61 Å². The molecular formula is C27H33ClO5. The van der Waals surface area contributed by atoms with Gasteiger partial charge in [0, 0.05) is 5.02 Å². The first-order valence-corrected chi connectivity index (χ1v) is 12.4. The van der Waals surface area contributed by atoms with Crippen LogP contribution in [0.2, 0.25) is 5.02 Å². The number of benzene rings is 2. The van der Waals surface area contributed by atoms with Crippen molar-refractivity contribution in [2.45, 2.75) is 81.4 Å². The van der Waals surface area contributed by atoms with Gasteiger partial charge in [-0.1, -0.05) is 48.0 Å². The topological polar surface area (TPSA) is 90.2 Å². The van der Waals surface area contributed by atoms with Crippen molar-refractivity contribution in [1.82, 2.24) is 0 Å². The van der Waals surface area contributed by atoms with Crippen molar-refractivity contribution >= 4 is 11.6 Å². The third-order valence-corrected chi connectivity index (χ3v) is 8.51. The number of halogens is 1. The first kappa shape index (κ1) is 23.3. The molecule has 2 saturated carbocycles. The lowest BCUT2D eigenvalue weighted by atomic mass is 9.77. The molecule has 3 fully saturated rings. The Balaban J connectivity index is 1.29. The highest BCUT2D eigenvalue weighted by atomic mass is 35.5. The van der Waals surface area contributed by atoms with Gasteiger partial charge >= 0.3 is 0 Å². The van der Waals surface area contributed by atoms with Crippen LogP contribution in [0.15, 0.2) is 42.5 Å². The summed E-state index contributed by atoms with van der Waals surface area (Å²) >= 11 is 6.48. The Kier molecular flexibility index (Phi) is 6.55. The van der Waals surface area contributed by atoms with Gasteiger partial charge in [0.1, 0.15) is 30.5 Å². The summed E-state index contributed by atoms with van der Waals surface area (Å²) in [4.78, 5) is 0. The minimum absolute atomic E-state index is 0.448. The van der Waals surface area contributed by atoms with Crippen LogP contribution in [0.3, 0.4) is 0 Å². The van der Waals surface area contributed by atoms with E-state index in [4.69, 9.17) is 16.3 Å². The molecular weight excluding hydrogens is 440 g/mol. The molecule has 0 amide bonds. The van der Waals surface area contributed by atoms with Crippen LogP contribution in [0, 0.1) is 5.41 Å². The Hall–Kier alpha value is -1.47. The predicted molar refractivity (Wildman–Crippen MR) is 126 cm³/mol. The van der Waals surface area contributed by atoms with Gasteiger partial charge in [-0.15, -0.1) is 0 Å². The fourth-order valence-corrected chi connectivity index (χ4v) is 5.84. The molecule has 6 heteroatoms. The SMILES string of the molecule is OCC1OC(c2ccc(Cl)c(Cc3ccc(C4CCC5(CC4)CC5)cc3)c2)C(O)C(O)C1O. The van der Waals surface area contributed by atoms with Crippen molar-refractivity contribution in [3.63, 3.8) is 0 Å². The van der Waals surface area contributed by atoms with E-state index in [9.17, 15) is 20.4 Å². The maximum Gasteiger partial charge on any atom is 0.113 e. The zero-order chi connectivity index (χ0) is 23.2. The van der Waals surface area contributed by atoms with E-state index in [1.807, 2.05) is 6.07 Å². The molecule has 1 heterocycles. The van der Waals surface area contributed by atoms with Crippen LogP contribution in [0.25, 0.3) is 0 Å². The fraction of sp³-hybridized carbons (Fsp3) is 0.556. The van der Waals surface area contributed by atoms with Gasteiger partial charge in [-0.3, -0.25) is 0 Å². The Morgan fingerprint density at radius 1 is 0.848 bits per heavy atom. The molecule has 2 aliphatic carbocycles. The second kappa shape index (κ2) is 9.29. The monoisotopic (exact) mass is 472 g/mol. The molecule has 178 valence electrons. The number of hydrogen-bond acceptors (Lipinski definition) is 5. The molecule has 33 heavy (non-hydrogen) atoms. The molecule has 5 rings (SSSR count). The van der Waals surface area contributed by atoms with Gasteiger partial charge in [-0.2, -0.15) is 0 Å². The summed E-state index contributed by atoms with van der Waals surface area (Å²) in [6.07, 6.45) is 2.98. The fourth-order valence-electron chi connectivity index (χ4n) is 5.65. The highest BCUT2D eigenvalue weighted by Crippen LogP contribution is 2.58. The first-order valence-electron chi connectivity index (χ1n) is 12.1. The highest BCUT2D eigenvalue weighted by Gasteiger charge is 2.45. The molecule has 0 radical (unpaired) electrons. The van der Waals surface area contributed by atoms with E-state index in [1.54, 1.807) is 12.1 Å². The third kappa shape index (κ3) is 4.72. The van der Waals surface area contributed by atoms with E-state index < -0.39 is 37.1 Å². The lowest BCUT2D eigenvalue weighted by Gasteiger charge is -2.40. The second-order valence-corrected chi connectivity index (χ2v) is 10.7. The van der Waals surface area contributed by atoms with Gasteiger partial charge in [-0.05, 0) is 84.6 Å². The van der Waals surface area contributed by atoms with Crippen molar-refractivity contribution in [2.24, 2.45) is 5.41 Å². The molecule has 0 aromatic heterocycles. The van der Waals surface area contributed by atoms with Gasteiger partial charge in [0.15, 0.2) is 0 Å². The van der Waals surface area contributed by atoms with E-state index >= 15 is 0 Å². The van der Waals surface area contributed by atoms with Crippen LogP contribution >= 0.6 is 11.6 Å². The summed E-state index contributed by atoms with van der Waals surface area (Å²) in [5.41, 5.74) is 4.84. The Morgan fingerprint density at radius 3 is 2.15 bits per heavy atom. The molecule has 1 aliphatic heterocycles. The van der Waals surface area contributed by atoms with Crippen molar-refractivity contribution in [3.8, 4) is 0 Å². The van der Waals surface area contributed by atoms with Crippen molar-refractivity contribution in [1.29, 1.82) is 0 Å². The summed E-state index contributed by atoms with van der Waals surface area (Å²) < 4.78 is 5.71. The average Bonchev–Trinajstić information content (AvgIpc) is 3.59. The molecule has 5 atom stereocenters. The molecule has 5 nitrogen and oxygen atoms in total. The van der Waals surface area contributed by atoms with Crippen LogP contribution in [-0.2, 0) is 11.2 Å². The van der Waals surface area contributed by atoms with Gasteiger partial charge in [0.05, 0.1) is 6.61 Å². The smallest absolute Gasteiger partial charge is 0.113 e. The van der Waals surface area contributed by atoms with E-state index in [-0.39, 0.29) is 0 Å². The molecule has 1 saturated heterocycles. The summed E-state index contributed by atoms with van der Waals surface area (Å²) in [6.45, 7) is -0.448. The van der Waals surface area contributed by atoms with E-state index in [0.717, 1.165) is 11.1 Å². The number of aliphatic hydroxyl groups excluding tert-OH is 4. The number of aliphatic hydroxyl groups is 4. The lowest BCUT2D eigenvalue weighted by Crippen LogP contribution is -2.55. The minimum Gasteiger partial charge on any atom is -0.394 e. The standard InChI is InChI=1S/C27H33ClO5/c28-21-6-5-19(26-25(32)24(31)23(30)22(15-29)33-26)14-20(21)13-16-1-3-17(4-2-16)18-7-9-27(10-8-18)11-12-27/h1-6,14,18,22-26,29-32H,7-13,15H2. The van der Waals surface area contributed by atoms with Crippen LogP contribution in [0.1, 0.15) is 72.8 Å². The highest BCUT2D eigenvalue weighted by molar-refractivity contribution is 6.31. The maximum atomic E-state index is 10.5. The maximum absolute atomic E-state index is 10.5. The molecule has 2 aromatic carbocycles. The van der Waals surface area contributed by atoms with Gasteiger partial charge in [0.2, 0.25) is 0 Å². The van der Waals surface area contributed by atoms with E-state index in [1.165, 1.54) is 44.1 Å². The number of rotatable bonds is 5. The summed E-state index contributed by atoms with van der Waals surface area (Å²) in [5.74, 6) is 0.670. The summed E-state index contributed by atoms with van der Waals surface area (Å²) in [6, 6.07) is 14.2. The first-order chi connectivity index (χ1) is 15.9. The minimum atomic E-state index is -1.40. The number of hydrogen-bond donors (Lipinski definition) is 4. The zero-order valence-electron chi connectivity index (χ0n) is 18.7. The predicted octanol–water partition coefficient (Wildman–Crippen LogP) is 3.88. The third-order valence-electron chi connectivity index (χ3n) is 8.14. The molecule has 4 N–H and O–H groups in total. The second-order valence-electron chi connectivity index (χ2n) is 10.3. The van der Waals surface area contributed by atoms with Crippen LogP contribution in [0.5, 0.6) is 0 Å². The van der Waals surface area contributed by atoms with Crippen LogP contribution < -0.4 is 0 Å². The number of ether oxygens (including phenoxy) is 1. The zero-order valence-corrected chi connectivity index (χ0v) is 19.5. The molecule has 5 unspecified atom stereocenters. The van der Waals surface area contributed by atoms with Crippen LogP contribution in [-0.4, -0.2) is 51.4 Å². The average molecular weight is 473 g/mol. The molecule has 0 bridgehead atoms. The van der Waals surface area contributed by atoms with Gasteiger partial charge in [0.25, 0.3) is 0 Å². The van der Waals surface area contributed by atoms with Crippen molar-refractivity contribution in [3.05, 3.63) is 69.7 Å². The molecule has 3 aliphatic rings. The van der Waals surface area contributed by atoms with E-state index in [0.29, 0.717) is 28.3 Å². The molecule has 2 aromatic rings. The summed E-state index contributed by atoms with van der Waals surface area (Å²) in [5, 5.41) is 40.7. The summed E-state index contributed by atoms with van der Waals surface area (Å²) in [7, 11) is 0. The quantitative estimate of drug-likeness (QED) is 0.530. The lowest BCUT2D eigenvalue weighted by molar-refractivity contribution is -0.231. The Morgan fingerprint density at radius 2 is 1.52 bits per heavy atom. The normalized spacial score (nSPS) is 31.6. The van der Waals surface area contributed by atoms with E-state index in [2.05, 4.69) is 24.3 Å². The largest absolute Gasteiger partial charge is 0.394 e. The Labute approximate surface area is 200 Å². The van der Waals surface area contributed by atoms with Gasteiger partial charge < -0.3 is 25.2 Å². The molecule has 1 spiro atoms. The van der Waals surface area contributed by atoms with Crippen molar-refractivity contribution < 1.29 is 25.2 Å². The Bertz CT molecular complexity index is 961. The van der Waals surface area contributed by atoms with Crippen LogP contribution in [0.4, 0.5) is 0 Å². The van der Waals surface area contributed by atoms with Gasteiger partial charge in [-0.25, -0.2) is 0 Å².